The first-order valence-corrected chi connectivity index (χ1v) is 9.87. The second-order valence-electron chi connectivity index (χ2n) is 9.65. The van der Waals surface area contributed by atoms with Gasteiger partial charge in [0, 0.05) is 6.42 Å². The predicted octanol–water partition coefficient (Wildman–Crippen LogP) is 5.94. The Bertz CT molecular complexity index is 621. The van der Waals surface area contributed by atoms with Crippen LogP contribution in [-0.4, -0.2) is 12.0 Å². The van der Waals surface area contributed by atoms with Gasteiger partial charge in [-0.1, -0.05) is 19.4 Å². The number of ketones is 1. The normalized spacial score (nSPS) is 49.9. The van der Waals surface area contributed by atoms with Crippen LogP contribution in [0.1, 0.15) is 65.7 Å². The lowest BCUT2D eigenvalue weighted by Gasteiger charge is -2.60. The van der Waals surface area contributed by atoms with E-state index in [-0.39, 0.29) is 17.1 Å². The van der Waals surface area contributed by atoms with E-state index in [4.69, 9.17) is 0 Å². The summed E-state index contributed by atoms with van der Waals surface area (Å²) >= 11 is 0. The number of carbonyl (C=O) groups excluding carboxylic acids is 1. The average molecular weight is 354 g/mol. The van der Waals surface area contributed by atoms with Gasteiger partial charge >= 0.3 is 6.18 Å². The number of fused-ring (bicyclic) bond motifs is 5. The van der Waals surface area contributed by atoms with Gasteiger partial charge in [0.15, 0.2) is 5.78 Å². The lowest BCUT2D eigenvalue weighted by atomic mass is 9.44. The second-order valence-corrected chi connectivity index (χ2v) is 9.65. The highest BCUT2D eigenvalue weighted by Gasteiger charge is 2.64. The zero-order valence-corrected chi connectivity index (χ0v) is 15.5. The molecule has 0 aromatic rings. The Morgan fingerprint density at radius 2 is 1.76 bits per heavy atom. The van der Waals surface area contributed by atoms with E-state index in [1.807, 2.05) is 13.0 Å². The lowest BCUT2D eigenvalue weighted by molar-refractivity contribution is -0.214. The summed E-state index contributed by atoms with van der Waals surface area (Å²) < 4.78 is 40.8. The maximum absolute atomic E-state index is 13.6. The minimum atomic E-state index is -4.06. The standard InChI is InChI=1S/C21H29F3O/c1-12-10-14(25)11-13-4-5-15-16-6-7-18(21(22,23)24)19(16,2)9-8-17(15)20(12,13)3/h10,13,15-18H,4-9,11H2,1-3H3/t13-,15-,16-,17-,18+,19-,20-/m0/s1. The van der Waals surface area contributed by atoms with E-state index >= 15 is 0 Å². The Morgan fingerprint density at radius 3 is 2.44 bits per heavy atom. The molecule has 0 bridgehead atoms. The van der Waals surface area contributed by atoms with E-state index in [2.05, 4.69) is 13.8 Å². The molecule has 140 valence electrons. The first-order valence-electron chi connectivity index (χ1n) is 9.87. The number of hydrogen-bond donors (Lipinski definition) is 0. The third kappa shape index (κ3) is 2.31. The van der Waals surface area contributed by atoms with Gasteiger partial charge in [0.05, 0.1) is 5.92 Å². The van der Waals surface area contributed by atoms with Crippen molar-refractivity contribution in [2.45, 2.75) is 71.9 Å². The molecule has 0 aliphatic heterocycles. The van der Waals surface area contributed by atoms with Gasteiger partial charge in [-0.25, -0.2) is 0 Å². The number of carbonyl (C=O) groups is 1. The Kier molecular flexibility index (Phi) is 3.77. The van der Waals surface area contributed by atoms with Gasteiger partial charge < -0.3 is 0 Å². The smallest absolute Gasteiger partial charge is 0.295 e. The van der Waals surface area contributed by atoms with E-state index in [9.17, 15) is 18.0 Å². The molecule has 3 saturated carbocycles. The van der Waals surface area contributed by atoms with Crippen molar-refractivity contribution in [2.24, 2.45) is 40.4 Å². The molecule has 3 fully saturated rings. The Hall–Kier alpha value is -0.800. The zero-order valence-electron chi connectivity index (χ0n) is 15.5. The molecule has 4 aliphatic carbocycles. The summed E-state index contributed by atoms with van der Waals surface area (Å²) in [6.45, 7) is 6.29. The van der Waals surface area contributed by atoms with Crippen LogP contribution in [0.5, 0.6) is 0 Å². The van der Waals surface area contributed by atoms with Crippen molar-refractivity contribution in [2.75, 3.05) is 0 Å². The first kappa shape index (κ1) is 17.6. The van der Waals surface area contributed by atoms with Crippen molar-refractivity contribution in [3.05, 3.63) is 11.6 Å². The Labute approximate surface area is 148 Å². The highest BCUT2D eigenvalue weighted by atomic mass is 19.4. The van der Waals surface area contributed by atoms with Crippen molar-refractivity contribution < 1.29 is 18.0 Å². The van der Waals surface area contributed by atoms with Crippen LogP contribution in [0.2, 0.25) is 0 Å². The van der Waals surface area contributed by atoms with Crippen LogP contribution in [0, 0.1) is 40.4 Å². The summed E-state index contributed by atoms with van der Waals surface area (Å²) in [6, 6.07) is 0. The molecule has 0 N–H and O–H groups in total. The van der Waals surface area contributed by atoms with Crippen molar-refractivity contribution in [3.63, 3.8) is 0 Å². The molecule has 0 aromatic heterocycles. The number of hydrogen-bond acceptors (Lipinski definition) is 1. The minimum Gasteiger partial charge on any atom is -0.295 e. The van der Waals surface area contributed by atoms with Crippen LogP contribution in [0.15, 0.2) is 11.6 Å². The zero-order chi connectivity index (χ0) is 18.2. The maximum atomic E-state index is 13.6. The van der Waals surface area contributed by atoms with Crippen LogP contribution in [0.4, 0.5) is 13.2 Å². The van der Waals surface area contributed by atoms with Gasteiger partial charge in [-0.2, -0.15) is 13.2 Å². The summed E-state index contributed by atoms with van der Waals surface area (Å²) in [4.78, 5) is 12.0. The van der Waals surface area contributed by atoms with Crippen molar-refractivity contribution in [1.82, 2.24) is 0 Å². The fourth-order valence-electron chi connectivity index (χ4n) is 7.60. The fourth-order valence-corrected chi connectivity index (χ4v) is 7.60. The molecule has 0 aromatic carbocycles. The summed E-state index contributed by atoms with van der Waals surface area (Å²) in [5.74, 6) is 0.527. The number of alkyl halides is 3. The molecule has 4 heteroatoms. The maximum Gasteiger partial charge on any atom is 0.392 e. The quantitative estimate of drug-likeness (QED) is 0.526. The van der Waals surface area contributed by atoms with E-state index in [0.717, 1.165) is 25.7 Å². The SMILES string of the molecule is CC1=CC(=O)C[C@@H]2CC[C@H]3[C@@H]4CC[C@@H](C(F)(F)F)[C@@]4(C)CC[C@@H]3[C@@]12C. The molecule has 0 amide bonds. The molecule has 0 radical (unpaired) electrons. The van der Waals surface area contributed by atoms with E-state index in [1.165, 1.54) is 5.57 Å². The van der Waals surface area contributed by atoms with Gasteiger partial charge in [0.1, 0.15) is 0 Å². The van der Waals surface area contributed by atoms with Crippen molar-refractivity contribution in [3.8, 4) is 0 Å². The van der Waals surface area contributed by atoms with Crippen LogP contribution in [-0.2, 0) is 4.79 Å². The van der Waals surface area contributed by atoms with Gasteiger partial charge in [-0.15, -0.1) is 0 Å². The lowest BCUT2D eigenvalue weighted by Crippen LogP contribution is -2.54. The number of halogens is 3. The molecular weight excluding hydrogens is 325 g/mol. The largest absolute Gasteiger partial charge is 0.392 e. The van der Waals surface area contributed by atoms with E-state index in [0.29, 0.717) is 37.0 Å². The number of rotatable bonds is 0. The van der Waals surface area contributed by atoms with Crippen molar-refractivity contribution >= 4 is 5.78 Å². The molecule has 0 spiro atoms. The molecule has 0 unspecified atom stereocenters. The summed E-state index contributed by atoms with van der Waals surface area (Å²) in [5, 5.41) is 0. The second kappa shape index (κ2) is 5.36. The van der Waals surface area contributed by atoms with Crippen LogP contribution < -0.4 is 0 Å². The molecular formula is C21H29F3O. The van der Waals surface area contributed by atoms with Crippen LogP contribution >= 0.6 is 0 Å². The van der Waals surface area contributed by atoms with Gasteiger partial charge in [0.2, 0.25) is 0 Å². The Morgan fingerprint density at radius 1 is 1.04 bits per heavy atom. The molecule has 7 atom stereocenters. The molecule has 4 aliphatic rings. The average Bonchev–Trinajstić information content (AvgIpc) is 2.86. The number of allylic oxidation sites excluding steroid dienone is 2. The molecule has 1 nitrogen and oxygen atoms in total. The van der Waals surface area contributed by atoms with E-state index < -0.39 is 17.5 Å². The van der Waals surface area contributed by atoms with Crippen LogP contribution in [0.25, 0.3) is 0 Å². The molecule has 4 rings (SSSR count). The third-order valence-electron chi connectivity index (χ3n) is 8.97. The summed E-state index contributed by atoms with van der Waals surface area (Å²) in [5.41, 5.74) is 0.608. The van der Waals surface area contributed by atoms with Gasteiger partial charge in [-0.3, -0.25) is 4.79 Å². The highest BCUT2D eigenvalue weighted by Crippen LogP contribution is 2.69. The van der Waals surface area contributed by atoms with Gasteiger partial charge in [0.25, 0.3) is 0 Å². The topological polar surface area (TPSA) is 17.1 Å². The monoisotopic (exact) mass is 354 g/mol. The van der Waals surface area contributed by atoms with E-state index in [1.54, 1.807) is 0 Å². The van der Waals surface area contributed by atoms with Crippen LogP contribution in [0.3, 0.4) is 0 Å². The summed E-state index contributed by atoms with van der Waals surface area (Å²) in [6.07, 6.45) is 3.00. The fraction of sp³-hybridized carbons (Fsp3) is 0.857. The molecule has 0 heterocycles. The summed E-state index contributed by atoms with van der Waals surface area (Å²) in [7, 11) is 0. The van der Waals surface area contributed by atoms with Crippen molar-refractivity contribution in [1.29, 1.82) is 0 Å². The third-order valence-corrected chi connectivity index (χ3v) is 8.97. The first-order chi connectivity index (χ1) is 11.6. The Balaban J connectivity index is 1.69. The minimum absolute atomic E-state index is 0.00841. The van der Waals surface area contributed by atoms with Gasteiger partial charge in [-0.05, 0) is 86.0 Å². The predicted molar refractivity (Wildman–Crippen MR) is 90.8 cm³/mol. The molecule has 25 heavy (non-hydrogen) atoms. The highest BCUT2D eigenvalue weighted by molar-refractivity contribution is 5.91. The molecule has 0 saturated heterocycles.